The number of hydrogen-bond acceptors (Lipinski definition) is 3. The van der Waals surface area contributed by atoms with Crippen LogP contribution in [0.5, 0.6) is 5.75 Å². The number of piperidine rings is 1. The zero-order valence-corrected chi connectivity index (χ0v) is 10.7. The summed E-state index contributed by atoms with van der Waals surface area (Å²) in [6.07, 6.45) is 2.24. The molecule has 1 N–H and O–H groups in total. The Morgan fingerprint density at radius 1 is 1.37 bits per heavy atom. The molecule has 2 aliphatic rings. The number of alkyl halides is 2. The third kappa shape index (κ3) is 2.44. The van der Waals surface area contributed by atoms with Crippen molar-refractivity contribution in [2.75, 3.05) is 6.54 Å². The van der Waals surface area contributed by atoms with Gasteiger partial charge in [-0.3, -0.25) is 0 Å². The molecule has 3 atom stereocenters. The summed E-state index contributed by atoms with van der Waals surface area (Å²) in [6, 6.07) is 5.32. The summed E-state index contributed by atoms with van der Waals surface area (Å²) in [5.41, 5.74) is 2.08. The third-order valence-corrected chi connectivity index (χ3v) is 3.84. The summed E-state index contributed by atoms with van der Waals surface area (Å²) >= 11 is 0. The van der Waals surface area contributed by atoms with E-state index in [9.17, 15) is 8.78 Å². The first kappa shape index (κ1) is 12.8. The zero-order valence-electron chi connectivity index (χ0n) is 10.7. The van der Waals surface area contributed by atoms with E-state index in [1.165, 1.54) is 0 Å². The number of benzene rings is 1. The maximum Gasteiger partial charge on any atom is 0.387 e. The highest BCUT2D eigenvalue weighted by molar-refractivity contribution is 5.41. The van der Waals surface area contributed by atoms with Gasteiger partial charge in [-0.15, -0.1) is 0 Å². The number of fused-ring (bicyclic) bond motifs is 3. The molecule has 0 radical (unpaired) electrons. The molecular formula is C14H17F2NO2. The van der Waals surface area contributed by atoms with E-state index in [2.05, 4.69) is 10.1 Å². The van der Waals surface area contributed by atoms with Crippen molar-refractivity contribution in [2.45, 2.75) is 44.6 Å². The van der Waals surface area contributed by atoms with Crippen LogP contribution in [0.3, 0.4) is 0 Å². The van der Waals surface area contributed by atoms with Crippen LogP contribution < -0.4 is 10.1 Å². The molecule has 1 aromatic rings. The minimum absolute atomic E-state index is 0.0858. The maximum absolute atomic E-state index is 12.3. The fourth-order valence-corrected chi connectivity index (χ4v) is 3.02. The Hall–Kier alpha value is -1.20. The van der Waals surface area contributed by atoms with Gasteiger partial charge in [0.25, 0.3) is 0 Å². The van der Waals surface area contributed by atoms with Crippen LogP contribution >= 0.6 is 0 Å². The fourth-order valence-electron chi connectivity index (χ4n) is 3.02. The SMILES string of the molecule is C[C@@H]1O[C@@H]2CCCN[C@H]2c2ccc(OC(F)F)cc21. The number of rotatable bonds is 2. The lowest BCUT2D eigenvalue weighted by molar-refractivity contribution is -0.0573. The van der Waals surface area contributed by atoms with Crippen LogP contribution in [0, 0.1) is 0 Å². The van der Waals surface area contributed by atoms with Gasteiger partial charge in [-0.25, -0.2) is 0 Å². The smallest absolute Gasteiger partial charge is 0.387 e. The van der Waals surface area contributed by atoms with Crippen molar-refractivity contribution in [2.24, 2.45) is 0 Å². The number of ether oxygens (including phenoxy) is 2. The second kappa shape index (κ2) is 5.06. The van der Waals surface area contributed by atoms with Gasteiger partial charge in [0, 0.05) is 0 Å². The van der Waals surface area contributed by atoms with E-state index in [-0.39, 0.29) is 24.0 Å². The van der Waals surface area contributed by atoms with Crippen LogP contribution in [-0.4, -0.2) is 19.3 Å². The molecule has 104 valence electrons. The van der Waals surface area contributed by atoms with E-state index in [1.54, 1.807) is 12.1 Å². The van der Waals surface area contributed by atoms with Crippen LogP contribution in [0.4, 0.5) is 8.78 Å². The van der Waals surface area contributed by atoms with Crippen LogP contribution in [0.15, 0.2) is 18.2 Å². The number of hydrogen-bond donors (Lipinski definition) is 1. The van der Waals surface area contributed by atoms with Crippen molar-refractivity contribution in [3.05, 3.63) is 29.3 Å². The first-order valence-electron chi connectivity index (χ1n) is 6.62. The van der Waals surface area contributed by atoms with E-state index in [0.717, 1.165) is 30.5 Å². The molecule has 0 aromatic heterocycles. The molecule has 2 aliphatic heterocycles. The number of halogens is 2. The molecule has 0 spiro atoms. The summed E-state index contributed by atoms with van der Waals surface area (Å²) in [5, 5.41) is 3.44. The first-order valence-corrected chi connectivity index (χ1v) is 6.62. The highest BCUT2D eigenvalue weighted by Crippen LogP contribution is 2.41. The largest absolute Gasteiger partial charge is 0.435 e. The highest BCUT2D eigenvalue weighted by Gasteiger charge is 2.35. The molecule has 0 saturated carbocycles. The summed E-state index contributed by atoms with van der Waals surface area (Å²) in [4.78, 5) is 0. The van der Waals surface area contributed by atoms with Crippen molar-refractivity contribution in [3.63, 3.8) is 0 Å². The van der Waals surface area contributed by atoms with Crippen molar-refractivity contribution < 1.29 is 18.3 Å². The van der Waals surface area contributed by atoms with Gasteiger partial charge in [0.1, 0.15) is 5.75 Å². The van der Waals surface area contributed by atoms with Crippen LogP contribution in [0.1, 0.15) is 43.0 Å². The van der Waals surface area contributed by atoms with Crippen LogP contribution in [0.2, 0.25) is 0 Å². The Balaban J connectivity index is 1.93. The molecule has 1 fully saturated rings. The minimum atomic E-state index is -2.79. The van der Waals surface area contributed by atoms with Crippen molar-refractivity contribution in [3.8, 4) is 5.75 Å². The van der Waals surface area contributed by atoms with Gasteiger partial charge in [-0.1, -0.05) is 6.07 Å². The predicted molar refractivity (Wildman–Crippen MR) is 66.3 cm³/mol. The molecular weight excluding hydrogens is 252 g/mol. The second-order valence-corrected chi connectivity index (χ2v) is 5.06. The normalized spacial score (nSPS) is 29.8. The van der Waals surface area contributed by atoms with Gasteiger partial charge in [-0.05, 0) is 49.6 Å². The van der Waals surface area contributed by atoms with E-state index >= 15 is 0 Å². The summed E-state index contributed by atoms with van der Waals surface area (Å²) < 4.78 is 34.9. The summed E-state index contributed by atoms with van der Waals surface area (Å²) in [6.45, 7) is 0.127. The average molecular weight is 269 g/mol. The topological polar surface area (TPSA) is 30.5 Å². The summed E-state index contributed by atoms with van der Waals surface area (Å²) in [5.74, 6) is 0.193. The van der Waals surface area contributed by atoms with Gasteiger partial charge >= 0.3 is 6.61 Å². The molecule has 1 saturated heterocycles. The lowest BCUT2D eigenvalue weighted by Gasteiger charge is -2.40. The first-order chi connectivity index (χ1) is 9.15. The Bertz CT molecular complexity index is 467. The monoisotopic (exact) mass is 269 g/mol. The maximum atomic E-state index is 12.3. The lowest BCUT2D eigenvalue weighted by atomic mass is 9.86. The summed E-state index contributed by atoms with van der Waals surface area (Å²) in [7, 11) is 0. The predicted octanol–water partition coefficient (Wildman–Crippen LogP) is 3.17. The molecule has 2 heterocycles. The number of nitrogens with one attached hydrogen (secondary N) is 1. The molecule has 0 amide bonds. The van der Waals surface area contributed by atoms with Crippen LogP contribution in [-0.2, 0) is 4.74 Å². The highest BCUT2D eigenvalue weighted by atomic mass is 19.3. The van der Waals surface area contributed by atoms with Crippen LogP contribution in [0.25, 0.3) is 0 Å². The van der Waals surface area contributed by atoms with E-state index in [4.69, 9.17) is 4.74 Å². The molecule has 0 unspecified atom stereocenters. The van der Waals surface area contributed by atoms with Gasteiger partial charge < -0.3 is 14.8 Å². The van der Waals surface area contributed by atoms with Crippen molar-refractivity contribution in [1.29, 1.82) is 0 Å². The Kier molecular flexibility index (Phi) is 3.41. The van der Waals surface area contributed by atoms with E-state index in [0.29, 0.717) is 0 Å². The Morgan fingerprint density at radius 3 is 3.00 bits per heavy atom. The van der Waals surface area contributed by atoms with Crippen molar-refractivity contribution >= 4 is 0 Å². The quantitative estimate of drug-likeness (QED) is 0.894. The molecule has 1 aromatic carbocycles. The second-order valence-electron chi connectivity index (χ2n) is 5.06. The van der Waals surface area contributed by atoms with E-state index < -0.39 is 6.61 Å². The average Bonchev–Trinajstić information content (AvgIpc) is 2.38. The lowest BCUT2D eigenvalue weighted by Crippen LogP contribution is -2.43. The zero-order chi connectivity index (χ0) is 13.4. The van der Waals surface area contributed by atoms with Gasteiger partial charge in [-0.2, -0.15) is 8.78 Å². The molecule has 3 nitrogen and oxygen atoms in total. The third-order valence-electron chi connectivity index (χ3n) is 3.84. The molecule has 0 aliphatic carbocycles. The molecule has 3 rings (SSSR count). The Labute approximate surface area is 110 Å². The molecule has 0 bridgehead atoms. The standard InChI is InChI=1S/C14H17F2NO2/c1-8-11-7-9(19-14(15)16)4-5-10(11)13-12(18-8)3-2-6-17-13/h4-5,7-8,12-14,17H,2-3,6H2,1H3/t8-,12+,13-/m0/s1. The van der Waals surface area contributed by atoms with Gasteiger partial charge in [0.2, 0.25) is 0 Å². The minimum Gasteiger partial charge on any atom is -0.435 e. The van der Waals surface area contributed by atoms with Gasteiger partial charge in [0.15, 0.2) is 0 Å². The Morgan fingerprint density at radius 2 is 2.21 bits per heavy atom. The van der Waals surface area contributed by atoms with Gasteiger partial charge in [0.05, 0.1) is 18.2 Å². The van der Waals surface area contributed by atoms with Crippen molar-refractivity contribution in [1.82, 2.24) is 5.32 Å². The fraction of sp³-hybridized carbons (Fsp3) is 0.571. The molecule has 5 heteroatoms. The van der Waals surface area contributed by atoms with E-state index in [1.807, 2.05) is 13.0 Å². The molecule has 19 heavy (non-hydrogen) atoms.